The molecule has 0 aromatic rings. The summed E-state index contributed by atoms with van der Waals surface area (Å²) in [6, 6.07) is 0.554. The van der Waals surface area contributed by atoms with E-state index in [4.69, 9.17) is 0 Å². The van der Waals surface area contributed by atoms with Gasteiger partial charge in [-0.15, -0.1) is 24.0 Å². The molecule has 5 atom stereocenters. The Kier molecular flexibility index (Phi) is 9.00. The molecule has 180 valence electrons. The number of fused-ring (bicyclic) bond motifs is 5. The predicted molar refractivity (Wildman–Crippen MR) is 138 cm³/mol. The maximum absolute atomic E-state index is 12.8. The van der Waals surface area contributed by atoms with Crippen LogP contribution < -0.4 is 10.6 Å². The number of nitrogens with one attached hydrogen (secondary N) is 2. The van der Waals surface area contributed by atoms with Crippen LogP contribution in [0.1, 0.15) is 46.0 Å². The molecular weight excluding hydrogens is 517 g/mol. The van der Waals surface area contributed by atoms with Crippen LogP contribution in [0.3, 0.4) is 0 Å². The van der Waals surface area contributed by atoms with E-state index in [1.54, 1.807) is 7.05 Å². The average Bonchev–Trinajstić information content (AvgIpc) is 3.43. The van der Waals surface area contributed by atoms with Gasteiger partial charge in [0.2, 0.25) is 11.8 Å². The molecule has 0 aromatic carbocycles. The van der Waals surface area contributed by atoms with Crippen molar-refractivity contribution in [3.05, 3.63) is 12.2 Å². The quantitative estimate of drug-likeness (QED) is 0.120. The lowest BCUT2D eigenvalue weighted by Crippen LogP contribution is -2.50. The number of hydrogen-bond acceptors (Lipinski definition) is 4. The molecule has 2 N–H and O–H groups in total. The van der Waals surface area contributed by atoms with Crippen molar-refractivity contribution in [2.45, 2.75) is 52.0 Å². The molecule has 2 amide bonds. The van der Waals surface area contributed by atoms with Gasteiger partial charge in [0.25, 0.3) is 0 Å². The van der Waals surface area contributed by atoms with E-state index in [1.807, 2.05) is 0 Å². The molecule has 2 bridgehead atoms. The van der Waals surface area contributed by atoms with Gasteiger partial charge in [0.05, 0.1) is 11.8 Å². The highest BCUT2D eigenvalue weighted by atomic mass is 127. The van der Waals surface area contributed by atoms with Crippen molar-refractivity contribution in [2.24, 2.45) is 34.6 Å². The average molecular weight is 558 g/mol. The van der Waals surface area contributed by atoms with Gasteiger partial charge in [-0.05, 0) is 50.0 Å². The van der Waals surface area contributed by atoms with Crippen LogP contribution in [0.4, 0.5) is 0 Å². The van der Waals surface area contributed by atoms with Gasteiger partial charge in [0.1, 0.15) is 0 Å². The molecule has 0 radical (unpaired) electrons. The van der Waals surface area contributed by atoms with Crippen molar-refractivity contribution < 1.29 is 9.59 Å². The third-order valence-corrected chi connectivity index (χ3v) is 7.49. The van der Waals surface area contributed by atoms with Crippen molar-refractivity contribution in [1.29, 1.82) is 0 Å². The summed E-state index contributed by atoms with van der Waals surface area (Å²) in [6.07, 6.45) is 9.84. The van der Waals surface area contributed by atoms with Gasteiger partial charge in [-0.2, -0.15) is 0 Å². The van der Waals surface area contributed by atoms with Crippen LogP contribution >= 0.6 is 24.0 Å². The highest BCUT2D eigenvalue weighted by Crippen LogP contribution is 2.52. The number of guanidine groups is 1. The molecular formula is C24H40IN5O2. The monoisotopic (exact) mass is 557 g/mol. The molecule has 4 rings (SSSR count). The van der Waals surface area contributed by atoms with E-state index >= 15 is 0 Å². The summed E-state index contributed by atoms with van der Waals surface area (Å²) in [5, 5.41) is 6.84. The molecule has 7 nitrogen and oxygen atoms in total. The van der Waals surface area contributed by atoms with Gasteiger partial charge >= 0.3 is 0 Å². The SMILES string of the molecule is CN=C(NCCCN1C(=O)C2C3C=CC(C3)C2C1=O)NCC1CCCCN1CC(C)C.I. The number of hydrogen-bond donors (Lipinski definition) is 2. The normalized spacial score (nSPS) is 31.9. The second-order valence-corrected chi connectivity index (χ2v) is 10.1. The van der Waals surface area contributed by atoms with Gasteiger partial charge in [0.15, 0.2) is 5.96 Å². The molecule has 8 heteroatoms. The van der Waals surface area contributed by atoms with Crippen LogP contribution in [0.25, 0.3) is 0 Å². The fourth-order valence-electron chi connectivity index (χ4n) is 6.06. The highest BCUT2D eigenvalue weighted by molar-refractivity contribution is 14.0. The van der Waals surface area contributed by atoms with Crippen LogP contribution in [0.2, 0.25) is 0 Å². The first-order valence-electron chi connectivity index (χ1n) is 12.2. The summed E-state index contributed by atoms with van der Waals surface area (Å²) < 4.78 is 0. The van der Waals surface area contributed by atoms with E-state index in [2.05, 4.69) is 46.5 Å². The number of aliphatic imine (C=N–C) groups is 1. The summed E-state index contributed by atoms with van der Waals surface area (Å²) in [5.41, 5.74) is 0. The number of imide groups is 1. The standard InChI is InChI=1S/C24H39N5O2.HI/c1-16(2)15-28-11-5-4-7-19(28)14-27-24(25-3)26-10-6-12-29-22(30)20-17-8-9-18(13-17)21(20)23(29)31;/h8-9,16-21H,4-7,10-15H2,1-3H3,(H2,25,26,27);1H. The van der Waals surface area contributed by atoms with Crippen molar-refractivity contribution >= 4 is 41.8 Å². The minimum atomic E-state index is -0.0887. The number of amides is 2. The summed E-state index contributed by atoms with van der Waals surface area (Å²) in [6.45, 7) is 8.99. The van der Waals surface area contributed by atoms with Crippen molar-refractivity contribution in [3.63, 3.8) is 0 Å². The fourth-order valence-corrected chi connectivity index (χ4v) is 6.06. The van der Waals surface area contributed by atoms with Crippen LogP contribution in [-0.2, 0) is 9.59 Å². The zero-order chi connectivity index (χ0) is 22.0. The predicted octanol–water partition coefficient (Wildman–Crippen LogP) is 2.48. The second-order valence-electron chi connectivity index (χ2n) is 10.1. The van der Waals surface area contributed by atoms with E-state index in [0.29, 0.717) is 25.0 Å². The topological polar surface area (TPSA) is 77.0 Å². The maximum Gasteiger partial charge on any atom is 0.233 e. The Labute approximate surface area is 209 Å². The van der Waals surface area contributed by atoms with Gasteiger partial charge in [-0.1, -0.05) is 32.4 Å². The molecule has 2 saturated heterocycles. The summed E-state index contributed by atoms with van der Waals surface area (Å²) >= 11 is 0. The molecule has 0 spiro atoms. The van der Waals surface area contributed by atoms with Crippen LogP contribution in [0.5, 0.6) is 0 Å². The Morgan fingerprint density at radius 3 is 2.44 bits per heavy atom. The Morgan fingerprint density at radius 2 is 1.81 bits per heavy atom. The zero-order valence-corrected chi connectivity index (χ0v) is 22.1. The molecule has 2 aliphatic carbocycles. The Balaban J connectivity index is 0.00000289. The molecule has 32 heavy (non-hydrogen) atoms. The second kappa shape index (κ2) is 11.3. The third-order valence-electron chi connectivity index (χ3n) is 7.49. The first kappa shape index (κ1) is 25.5. The minimum absolute atomic E-state index is 0. The lowest BCUT2D eigenvalue weighted by atomic mass is 9.85. The van der Waals surface area contributed by atoms with Crippen molar-refractivity contribution in [2.75, 3.05) is 39.8 Å². The van der Waals surface area contributed by atoms with E-state index in [9.17, 15) is 9.59 Å². The number of likely N-dealkylation sites (tertiary alicyclic amines) is 2. The fraction of sp³-hybridized carbons (Fsp3) is 0.792. The van der Waals surface area contributed by atoms with Gasteiger partial charge < -0.3 is 10.6 Å². The molecule has 3 fully saturated rings. The molecule has 0 aromatic heterocycles. The van der Waals surface area contributed by atoms with Gasteiger partial charge in [0, 0.05) is 39.3 Å². The number of rotatable bonds is 8. The van der Waals surface area contributed by atoms with Crippen LogP contribution in [-0.4, -0.2) is 73.4 Å². The first-order chi connectivity index (χ1) is 15.0. The Hall–Kier alpha value is -1.16. The number of halogens is 1. The summed E-state index contributed by atoms with van der Waals surface area (Å²) in [5.74, 6) is 1.98. The number of nitrogens with zero attached hydrogens (tertiary/aromatic N) is 3. The third kappa shape index (κ3) is 5.32. The molecule has 5 unspecified atom stereocenters. The van der Waals surface area contributed by atoms with Gasteiger partial charge in [-0.25, -0.2) is 0 Å². The van der Waals surface area contributed by atoms with Crippen molar-refractivity contribution in [1.82, 2.24) is 20.4 Å². The molecule has 2 heterocycles. The lowest BCUT2D eigenvalue weighted by molar-refractivity contribution is -0.140. The largest absolute Gasteiger partial charge is 0.356 e. The number of carbonyl (C=O) groups excluding carboxylic acids is 2. The lowest BCUT2D eigenvalue weighted by Gasteiger charge is -2.37. The molecule has 1 saturated carbocycles. The Morgan fingerprint density at radius 1 is 1.12 bits per heavy atom. The summed E-state index contributed by atoms with van der Waals surface area (Å²) in [7, 11) is 1.79. The van der Waals surface area contributed by atoms with E-state index in [0.717, 1.165) is 31.9 Å². The number of allylic oxidation sites excluding steroid dienone is 2. The summed E-state index contributed by atoms with van der Waals surface area (Å²) in [4.78, 5) is 34.0. The van der Waals surface area contributed by atoms with E-state index < -0.39 is 0 Å². The maximum atomic E-state index is 12.8. The van der Waals surface area contributed by atoms with Gasteiger partial charge in [-0.3, -0.25) is 24.4 Å². The first-order valence-corrected chi connectivity index (χ1v) is 12.2. The minimum Gasteiger partial charge on any atom is -0.356 e. The number of carbonyl (C=O) groups is 2. The van der Waals surface area contributed by atoms with E-state index in [-0.39, 0.29) is 59.5 Å². The number of piperidine rings is 1. The molecule has 4 aliphatic rings. The smallest absolute Gasteiger partial charge is 0.233 e. The Bertz CT molecular complexity index is 710. The highest BCUT2D eigenvalue weighted by Gasteiger charge is 2.58. The van der Waals surface area contributed by atoms with Crippen molar-refractivity contribution in [3.8, 4) is 0 Å². The zero-order valence-electron chi connectivity index (χ0n) is 19.8. The molecule has 2 aliphatic heterocycles. The van der Waals surface area contributed by atoms with E-state index in [1.165, 1.54) is 30.7 Å². The van der Waals surface area contributed by atoms with Crippen LogP contribution in [0.15, 0.2) is 17.1 Å². The van der Waals surface area contributed by atoms with Crippen LogP contribution in [0, 0.1) is 29.6 Å².